The molecular formula is C15H23NOS. The maximum Gasteiger partial charge on any atom is 0.0589 e. The van der Waals surface area contributed by atoms with Crippen molar-refractivity contribution >= 4 is 11.8 Å². The third-order valence-electron chi connectivity index (χ3n) is 3.27. The van der Waals surface area contributed by atoms with Crippen LogP contribution in [-0.2, 0) is 4.74 Å². The lowest BCUT2D eigenvalue weighted by Crippen LogP contribution is -2.19. The Hall–Kier alpha value is -0.510. The summed E-state index contributed by atoms with van der Waals surface area (Å²) < 4.78 is 5.40. The molecule has 1 fully saturated rings. The van der Waals surface area contributed by atoms with Crippen molar-refractivity contribution in [2.45, 2.75) is 42.9 Å². The summed E-state index contributed by atoms with van der Waals surface area (Å²) in [6.45, 7) is 7.33. The van der Waals surface area contributed by atoms with Crippen LogP contribution in [0.15, 0.2) is 29.2 Å². The van der Waals surface area contributed by atoms with Crippen LogP contribution < -0.4 is 5.32 Å². The van der Waals surface area contributed by atoms with Crippen LogP contribution in [-0.4, -0.2) is 25.0 Å². The number of thioether (sulfide) groups is 1. The molecule has 0 saturated carbocycles. The molecule has 2 rings (SSSR count). The zero-order valence-electron chi connectivity index (χ0n) is 11.3. The van der Waals surface area contributed by atoms with Crippen molar-refractivity contribution in [3.05, 3.63) is 29.8 Å². The highest BCUT2D eigenvalue weighted by atomic mass is 32.2. The highest BCUT2D eigenvalue weighted by Crippen LogP contribution is 2.29. The SMILES string of the molecule is CCCNC(C)c1ccc(SC2CCOC2)cc1. The summed E-state index contributed by atoms with van der Waals surface area (Å²) in [6, 6.07) is 9.40. The highest BCUT2D eigenvalue weighted by Gasteiger charge is 2.16. The number of hydrogen-bond donors (Lipinski definition) is 1. The average Bonchev–Trinajstić information content (AvgIpc) is 2.89. The first-order chi connectivity index (χ1) is 8.79. The summed E-state index contributed by atoms with van der Waals surface area (Å²) in [5, 5.41) is 4.16. The number of rotatable bonds is 6. The number of ether oxygens (including phenoxy) is 1. The second kappa shape index (κ2) is 7.17. The fraction of sp³-hybridized carbons (Fsp3) is 0.600. The summed E-state index contributed by atoms with van der Waals surface area (Å²) in [5.74, 6) is 0. The van der Waals surface area contributed by atoms with E-state index < -0.39 is 0 Å². The molecule has 18 heavy (non-hydrogen) atoms. The number of benzene rings is 1. The molecule has 100 valence electrons. The molecule has 0 bridgehead atoms. The van der Waals surface area contributed by atoms with Crippen molar-refractivity contribution in [1.82, 2.24) is 5.32 Å². The van der Waals surface area contributed by atoms with Gasteiger partial charge in [-0.1, -0.05) is 19.1 Å². The molecule has 1 N–H and O–H groups in total. The predicted octanol–water partition coefficient (Wildman–Crippen LogP) is 3.63. The van der Waals surface area contributed by atoms with Crippen LogP contribution >= 0.6 is 11.8 Å². The maximum absolute atomic E-state index is 5.40. The maximum atomic E-state index is 5.40. The van der Waals surface area contributed by atoms with Crippen LogP contribution in [0.4, 0.5) is 0 Å². The van der Waals surface area contributed by atoms with Gasteiger partial charge in [-0.3, -0.25) is 0 Å². The first kappa shape index (κ1) is 13.9. The van der Waals surface area contributed by atoms with E-state index in [0.29, 0.717) is 11.3 Å². The van der Waals surface area contributed by atoms with Gasteiger partial charge in [-0.25, -0.2) is 0 Å². The molecule has 2 unspecified atom stereocenters. The fourth-order valence-corrected chi connectivity index (χ4v) is 3.17. The molecule has 1 heterocycles. The zero-order valence-corrected chi connectivity index (χ0v) is 12.1. The van der Waals surface area contributed by atoms with Gasteiger partial charge in [0.25, 0.3) is 0 Å². The van der Waals surface area contributed by atoms with Crippen LogP contribution in [0.5, 0.6) is 0 Å². The number of nitrogens with one attached hydrogen (secondary N) is 1. The lowest BCUT2D eigenvalue weighted by Gasteiger charge is -2.14. The van der Waals surface area contributed by atoms with E-state index in [0.717, 1.165) is 19.8 Å². The zero-order chi connectivity index (χ0) is 12.8. The summed E-state index contributed by atoms with van der Waals surface area (Å²) in [7, 11) is 0. The topological polar surface area (TPSA) is 21.3 Å². The van der Waals surface area contributed by atoms with Crippen LogP contribution in [0.1, 0.15) is 38.3 Å². The largest absolute Gasteiger partial charge is 0.380 e. The van der Waals surface area contributed by atoms with Crippen molar-refractivity contribution in [2.75, 3.05) is 19.8 Å². The Morgan fingerprint density at radius 2 is 2.17 bits per heavy atom. The Bertz CT molecular complexity index is 346. The number of hydrogen-bond acceptors (Lipinski definition) is 3. The van der Waals surface area contributed by atoms with E-state index in [-0.39, 0.29) is 0 Å². The lowest BCUT2D eigenvalue weighted by atomic mass is 10.1. The molecule has 0 aromatic heterocycles. The molecular weight excluding hydrogens is 242 g/mol. The minimum Gasteiger partial charge on any atom is -0.380 e. The van der Waals surface area contributed by atoms with Gasteiger partial charge in [-0.15, -0.1) is 11.8 Å². The van der Waals surface area contributed by atoms with Crippen molar-refractivity contribution in [3.8, 4) is 0 Å². The van der Waals surface area contributed by atoms with Gasteiger partial charge >= 0.3 is 0 Å². The van der Waals surface area contributed by atoms with Gasteiger partial charge in [-0.2, -0.15) is 0 Å². The van der Waals surface area contributed by atoms with E-state index in [9.17, 15) is 0 Å². The van der Waals surface area contributed by atoms with Crippen LogP contribution in [0.2, 0.25) is 0 Å². The van der Waals surface area contributed by atoms with Crippen molar-refractivity contribution in [1.29, 1.82) is 0 Å². The second-order valence-corrected chi connectivity index (χ2v) is 6.22. The molecule has 0 amide bonds. The van der Waals surface area contributed by atoms with E-state index in [1.807, 2.05) is 11.8 Å². The van der Waals surface area contributed by atoms with Crippen LogP contribution in [0, 0.1) is 0 Å². The van der Waals surface area contributed by atoms with Crippen molar-refractivity contribution < 1.29 is 4.74 Å². The molecule has 2 nitrogen and oxygen atoms in total. The van der Waals surface area contributed by atoms with Crippen molar-refractivity contribution in [3.63, 3.8) is 0 Å². The molecule has 1 aliphatic heterocycles. The van der Waals surface area contributed by atoms with E-state index >= 15 is 0 Å². The van der Waals surface area contributed by atoms with Gasteiger partial charge in [0, 0.05) is 22.8 Å². The standard InChI is InChI=1S/C15H23NOS/c1-3-9-16-12(2)13-4-6-14(7-5-13)18-15-8-10-17-11-15/h4-7,12,15-16H,3,8-11H2,1-2H3. The van der Waals surface area contributed by atoms with E-state index in [4.69, 9.17) is 4.74 Å². The predicted molar refractivity (Wildman–Crippen MR) is 78.2 cm³/mol. The molecule has 2 atom stereocenters. The Morgan fingerprint density at radius 1 is 1.39 bits per heavy atom. The lowest BCUT2D eigenvalue weighted by molar-refractivity contribution is 0.199. The quantitative estimate of drug-likeness (QED) is 0.848. The molecule has 3 heteroatoms. The Labute approximate surface area is 114 Å². The molecule has 0 aliphatic carbocycles. The summed E-state index contributed by atoms with van der Waals surface area (Å²) >= 11 is 1.94. The summed E-state index contributed by atoms with van der Waals surface area (Å²) in [6.07, 6.45) is 2.36. The minimum atomic E-state index is 0.443. The monoisotopic (exact) mass is 265 g/mol. The van der Waals surface area contributed by atoms with Gasteiger partial charge in [0.2, 0.25) is 0 Å². The minimum absolute atomic E-state index is 0.443. The van der Waals surface area contributed by atoms with E-state index in [1.54, 1.807) is 0 Å². The van der Waals surface area contributed by atoms with Gasteiger partial charge in [0.05, 0.1) is 6.61 Å². The smallest absolute Gasteiger partial charge is 0.0589 e. The third kappa shape index (κ3) is 4.01. The Balaban J connectivity index is 1.88. The molecule has 1 saturated heterocycles. The van der Waals surface area contributed by atoms with Crippen molar-refractivity contribution in [2.24, 2.45) is 0 Å². The third-order valence-corrected chi connectivity index (χ3v) is 4.52. The first-order valence-corrected chi connectivity index (χ1v) is 7.75. The van der Waals surface area contributed by atoms with E-state index in [2.05, 4.69) is 43.4 Å². The molecule has 1 aromatic rings. The fourth-order valence-electron chi connectivity index (χ4n) is 2.11. The second-order valence-electron chi connectivity index (χ2n) is 4.85. The molecule has 0 radical (unpaired) electrons. The van der Waals surface area contributed by atoms with Gasteiger partial charge in [-0.05, 0) is 44.0 Å². The Kier molecular flexibility index (Phi) is 5.54. The van der Waals surface area contributed by atoms with E-state index in [1.165, 1.54) is 23.3 Å². The van der Waals surface area contributed by atoms with Crippen LogP contribution in [0.25, 0.3) is 0 Å². The normalized spacial score (nSPS) is 21.1. The van der Waals surface area contributed by atoms with Gasteiger partial charge in [0.15, 0.2) is 0 Å². The molecule has 1 aliphatic rings. The summed E-state index contributed by atoms with van der Waals surface area (Å²) in [4.78, 5) is 1.36. The molecule has 1 aromatic carbocycles. The van der Waals surface area contributed by atoms with Gasteiger partial charge < -0.3 is 10.1 Å². The Morgan fingerprint density at radius 3 is 2.78 bits per heavy atom. The molecule has 0 spiro atoms. The van der Waals surface area contributed by atoms with Crippen LogP contribution in [0.3, 0.4) is 0 Å². The first-order valence-electron chi connectivity index (χ1n) is 6.87. The van der Waals surface area contributed by atoms with Gasteiger partial charge in [0.1, 0.15) is 0 Å². The highest BCUT2D eigenvalue weighted by molar-refractivity contribution is 8.00. The average molecular weight is 265 g/mol. The summed E-state index contributed by atoms with van der Waals surface area (Å²) in [5.41, 5.74) is 1.37.